The lowest BCUT2D eigenvalue weighted by Crippen LogP contribution is -2.33. The molecule has 1 aromatic carbocycles. The second kappa shape index (κ2) is 6.97. The summed E-state index contributed by atoms with van der Waals surface area (Å²) in [4.78, 5) is 34.8. The minimum atomic E-state index is -0.880. The Kier molecular flexibility index (Phi) is 4.81. The van der Waals surface area contributed by atoms with Crippen LogP contribution >= 0.6 is 0 Å². The maximum absolute atomic E-state index is 11.7. The minimum Gasteiger partial charge on any atom is -0.462 e. The molecule has 0 fully saturated rings. The molecule has 0 unspecified atom stereocenters. The van der Waals surface area contributed by atoms with Crippen molar-refractivity contribution in [3.8, 4) is 0 Å². The molecule has 0 aliphatic carbocycles. The molecular weight excluding hydrogens is 290 g/mol. The average Bonchev–Trinajstić information content (AvgIpc) is 3.01. The van der Waals surface area contributed by atoms with Crippen molar-refractivity contribution in [3.63, 3.8) is 0 Å². The van der Waals surface area contributed by atoms with E-state index in [1.807, 2.05) is 0 Å². The number of ether oxygens (including phenoxy) is 1. The van der Waals surface area contributed by atoms with Crippen molar-refractivity contribution in [2.24, 2.45) is 0 Å². The number of rotatable bonds is 4. The summed E-state index contributed by atoms with van der Waals surface area (Å²) >= 11 is 0. The Morgan fingerprint density at radius 2 is 1.73 bits per heavy atom. The normalized spacial score (nSPS) is 9.86. The van der Waals surface area contributed by atoms with E-state index in [0.29, 0.717) is 11.3 Å². The summed E-state index contributed by atoms with van der Waals surface area (Å²) in [5.41, 5.74) is 2.98. The van der Waals surface area contributed by atoms with Gasteiger partial charge in [-0.15, -0.1) is 10.2 Å². The highest BCUT2D eigenvalue weighted by Gasteiger charge is 2.14. The van der Waals surface area contributed by atoms with Crippen LogP contribution < -0.4 is 10.7 Å². The van der Waals surface area contributed by atoms with Crippen molar-refractivity contribution in [3.05, 3.63) is 42.5 Å². The third-order valence-corrected chi connectivity index (χ3v) is 2.51. The van der Waals surface area contributed by atoms with E-state index in [9.17, 15) is 14.4 Å². The first-order valence-corrected chi connectivity index (χ1v) is 6.34. The minimum absolute atomic E-state index is 0.278. The van der Waals surface area contributed by atoms with Gasteiger partial charge in [-0.3, -0.25) is 15.0 Å². The van der Waals surface area contributed by atoms with Crippen LogP contribution in [0.15, 0.2) is 36.9 Å². The third-order valence-electron chi connectivity index (χ3n) is 2.51. The van der Waals surface area contributed by atoms with Crippen LogP contribution in [-0.4, -0.2) is 39.3 Å². The van der Waals surface area contributed by atoms with Gasteiger partial charge in [-0.1, -0.05) is 0 Å². The lowest BCUT2D eigenvalue weighted by Gasteiger charge is -2.07. The molecule has 9 nitrogen and oxygen atoms in total. The van der Waals surface area contributed by atoms with Crippen molar-refractivity contribution < 1.29 is 19.1 Å². The SMILES string of the molecule is CCOC(=O)c1ccc(NC(=O)C(=O)Nn2cnnc2)cc1. The zero-order valence-corrected chi connectivity index (χ0v) is 11.6. The number of amides is 2. The number of aromatic nitrogens is 3. The van der Waals surface area contributed by atoms with Gasteiger partial charge in [0.15, 0.2) is 0 Å². The van der Waals surface area contributed by atoms with E-state index in [4.69, 9.17) is 4.74 Å². The predicted molar refractivity (Wildman–Crippen MR) is 75.4 cm³/mol. The van der Waals surface area contributed by atoms with Crippen molar-refractivity contribution in [2.45, 2.75) is 6.92 Å². The largest absolute Gasteiger partial charge is 0.462 e. The van der Waals surface area contributed by atoms with Crippen LogP contribution in [0.1, 0.15) is 17.3 Å². The number of carbonyl (C=O) groups is 3. The van der Waals surface area contributed by atoms with Gasteiger partial charge >= 0.3 is 17.8 Å². The molecule has 0 radical (unpaired) electrons. The maximum atomic E-state index is 11.7. The number of nitrogens with zero attached hydrogens (tertiary/aromatic N) is 3. The van der Waals surface area contributed by atoms with Gasteiger partial charge in [-0.05, 0) is 31.2 Å². The Morgan fingerprint density at radius 1 is 1.09 bits per heavy atom. The molecule has 114 valence electrons. The monoisotopic (exact) mass is 303 g/mol. The Bertz CT molecular complexity index is 666. The van der Waals surface area contributed by atoms with E-state index < -0.39 is 17.8 Å². The quantitative estimate of drug-likeness (QED) is 0.614. The molecule has 1 heterocycles. The average molecular weight is 303 g/mol. The second-order valence-corrected chi connectivity index (χ2v) is 4.06. The number of carbonyl (C=O) groups excluding carboxylic acids is 3. The van der Waals surface area contributed by atoms with Crippen molar-refractivity contribution in [1.82, 2.24) is 14.9 Å². The molecule has 0 aliphatic rings. The molecule has 0 saturated heterocycles. The highest BCUT2D eigenvalue weighted by Crippen LogP contribution is 2.10. The lowest BCUT2D eigenvalue weighted by atomic mass is 10.2. The van der Waals surface area contributed by atoms with Gasteiger partial charge in [0.05, 0.1) is 12.2 Å². The first-order chi connectivity index (χ1) is 10.6. The molecule has 2 rings (SSSR count). The van der Waals surface area contributed by atoms with Gasteiger partial charge in [0, 0.05) is 5.69 Å². The van der Waals surface area contributed by atoms with E-state index >= 15 is 0 Å². The molecule has 2 aromatic rings. The van der Waals surface area contributed by atoms with E-state index in [1.165, 1.54) is 36.9 Å². The zero-order chi connectivity index (χ0) is 15.9. The van der Waals surface area contributed by atoms with Gasteiger partial charge < -0.3 is 10.1 Å². The van der Waals surface area contributed by atoms with Crippen LogP contribution in [0.25, 0.3) is 0 Å². The van der Waals surface area contributed by atoms with E-state index in [0.717, 1.165) is 4.68 Å². The van der Waals surface area contributed by atoms with Gasteiger partial charge in [0.1, 0.15) is 12.7 Å². The van der Waals surface area contributed by atoms with Gasteiger partial charge in [-0.25, -0.2) is 9.47 Å². The smallest absolute Gasteiger partial charge is 0.338 e. The lowest BCUT2D eigenvalue weighted by molar-refractivity contribution is -0.133. The Morgan fingerprint density at radius 3 is 2.32 bits per heavy atom. The number of anilines is 1. The summed E-state index contributed by atoms with van der Waals surface area (Å²) in [6.45, 7) is 1.99. The molecular formula is C13H13N5O4. The Hall–Kier alpha value is -3.23. The van der Waals surface area contributed by atoms with Crippen LogP contribution in [0.4, 0.5) is 5.69 Å². The third kappa shape index (κ3) is 3.88. The van der Waals surface area contributed by atoms with Crippen LogP contribution in [0.5, 0.6) is 0 Å². The standard InChI is InChI=1S/C13H13N5O4/c1-2-22-13(21)9-3-5-10(6-4-9)16-11(19)12(20)17-18-7-14-15-8-18/h3-8H,2H2,1H3,(H,16,19)(H,17,20). The summed E-state index contributed by atoms with van der Waals surface area (Å²) in [6.07, 6.45) is 2.47. The fraction of sp³-hybridized carbons (Fsp3) is 0.154. The summed E-state index contributed by atoms with van der Waals surface area (Å²) in [5, 5.41) is 9.36. The summed E-state index contributed by atoms with van der Waals surface area (Å²) in [7, 11) is 0. The molecule has 2 N–H and O–H groups in total. The van der Waals surface area contributed by atoms with E-state index in [-0.39, 0.29) is 6.61 Å². The highest BCUT2D eigenvalue weighted by atomic mass is 16.5. The molecule has 2 amide bonds. The fourth-order valence-corrected chi connectivity index (χ4v) is 1.52. The van der Waals surface area contributed by atoms with Gasteiger partial charge in [-0.2, -0.15) is 0 Å². The molecule has 9 heteroatoms. The van der Waals surface area contributed by atoms with Crippen LogP contribution in [-0.2, 0) is 14.3 Å². The van der Waals surface area contributed by atoms with Crippen molar-refractivity contribution in [1.29, 1.82) is 0 Å². The number of esters is 1. The maximum Gasteiger partial charge on any atom is 0.338 e. The second-order valence-electron chi connectivity index (χ2n) is 4.06. The van der Waals surface area contributed by atoms with E-state index in [2.05, 4.69) is 20.9 Å². The van der Waals surface area contributed by atoms with Crippen LogP contribution in [0.2, 0.25) is 0 Å². The number of hydrogen-bond donors (Lipinski definition) is 2. The topological polar surface area (TPSA) is 115 Å². The predicted octanol–water partition coefficient (Wildman–Crippen LogP) is 0.164. The van der Waals surface area contributed by atoms with Crippen LogP contribution in [0, 0.1) is 0 Å². The Labute approximate surface area is 125 Å². The summed E-state index contributed by atoms with van der Waals surface area (Å²) in [5.74, 6) is -2.20. The van der Waals surface area contributed by atoms with E-state index in [1.54, 1.807) is 6.92 Å². The first-order valence-electron chi connectivity index (χ1n) is 6.34. The molecule has 0 aliphatic heterocycles. The molecule has 1 aromatic heterocycles. The summed E-state index contributed by atoms with van der Waals surface area (Å²) in [6, 6.07) is 5.98. The fourth-order valence-electron chi connectivity index (χ4n) is 1.52. The van der Waals surface area contributed by atoms with Gasteiger partial charge in [0.2, 0.25) is 0 Å². The molecule has 0 bridgehead atoms. The summed E-state index contributed by atoms with van der Waals surface area (Å²) < 4.78 is 5.99. The van der Waals surface area contributed by atoms with Crippen molar-refractivity contribution >= 4 is 23.5 Å². The van der Waals surface area contributed by atoms with Gasteiger partial charge in [0.25, 0.3) is 0 Å². The molecule has 0 saturated carbocycles. The van der Waals surface area contributed by atoms with Crippen LogP contribution in [0.3, 0.4) is 0 Å². The number of benzene rings is 1. The number of hydrogen-bond acceptors (Lipinski definition) is 6. The zero-order valence-electron chi connectivity index (χ0n) is 11.6. The molecule has 22 heavy (non-hydrogen) atoms. The first kappa shape index (κ1) is 15.2. The molecule has 0 spiro atoms. The molecule has 0 atom stereocenters. The Balaban J connectivity index is 1.94. The van der Waals surface area contributed by atoms with Crippen molar-refractivity contribution in [2.75, 3.05) is 17.3 Å². The highest BCUT2D eigenvalue weighted by molar-refractivity contribution is 6.42. The number of nitrogens with one attached hydrogen (secondary N) is 2.